The Balaban J connectivity index is 1.56. The number of piperidine rings is 1. The maximum absolute atomic E-state index is 12.1. The van der Waals surface area contributed by atoms with Crippen LogP contribution in [0, 0.1) is 17.2 Å². The van der Waals surface area contributed by atoms with Crippen LogP contribution in [-0.4, -0.2) is 19.0 Å². The number of thiophene rings is 1. The lowest BCUT2D eigenvalue weighted by atomic mass is 9.93. The van der Waals surface area contributed by atoms with E-state index in [2.05, 4.69) is 16.7 Å². The van der Waals surface area contributed by atoms with Crippen LogP contribution in [0.2, 0.25) is 0 Å². The number of rotatable bonds is 4. The van der Waals surface area contributed by atoms with Crippen LogP contribution in [0.3, 0.4) is 0 Å². The summed E-state index contributed by atoms with van der Waals surface area (Å²) in [6.07, 6.45) is 7.05. The van der Waals surface area contributed by atoms with E-state index in [1.807, 2.05) is 0 Å². The third-order valence-electron chi connectivity index (χ3n) is 4.52. The van der Waals surface area contributed by atoms with Gasteiger partial charge in [0.25, 0.3) is 0 Å². The zero-order valence-corrected chi connectivity index (χ0v) is 13.0. The summed E-state index contributed by atoms with van der Waals surface area (Å²) in [4.78, 5) is 13.4. The fraction of sp³-hybridized carbons (Fsp3) is 0.625. The van der Waals surface area contributed by atoms with Gasteiger partial charge in [0.15, 0.2) is 0 Å². The number of nitrogens with one attached hydrogen (secondary N) is 2. The molecule has 1 fully saturated rings. The Hall–Kier alpha value is -1.38. The smallest absolute Gasteiger partial charge is 0.225 e. The predicted octanol–water partition coefficient (Wildman–Crippen LogP) is 2.83. The molecule has 3 rings (SSSR count). The van der Waals surface area contributed by atoms with E-state index in [0.29, 0.717) is 17.9 Å². The van der Waals surface area contributed by atoms with Crippen molar-refractivity contribution in [3.63, 3.8) is 0 Å². The lowest BCUT2D eigenvalue weighted by molar-refractivity contribution is -0.116. The highest BCUT2D eigenvalue weighted by Gasteiger charge is 2.23. The molecule has 5 heteroatoms. The Morgan fingerprint density at radius 2 is 2.19 bits per heavy atom. The summed E-state index contributed by atoms with van der Waals surface area (Å²) in [5.41, 5.74) is 1.89. The minimum atomic E-state index is 0.0601. The van der Waals surface area contributed by atoms with Gasteiger partial charge < -0.3 is 10.6 Å². The highest BCUT2D eigenvalue weighted by atomic mass is 32.1. The molecule has 21 heavy (non-hydrogen) atoms. The lowest BCUT2D eigenvalue weighted by Gasteiger charge is -2.22. The van der Waals surface area contributed by atoms with Gasteiger partial charge in [-0.15, -0.1) is 11.3 Å². The van der Waals surface area contributed by atoms with Crippen LogP contribution in [0.25, 0.3) is 0 Å². The largest absolute Gasteiger partial charge is 0.317 e. The van der Waals surface area contributed by atoms with Crippen molar-refractivity contribution in [2.75, 3.05) is 18.4 Å². The fourth-order valence-corrected chi connectivity index (χ4v) is 4.56. The SMILES string of the molecule is N#Cc1c(NC(=O)CCC2CCNCC2)sc2c1CCC2. The van der Waals surface area contributed by atoms with Crippen molar-refractivity contribution in [1.82, 2.24) is 5.32 Å². The van der Waals surface area contributed by atoms with E-state index >= 15 is 0 Å². The molecule has 112 valence electrons. The number of anilines is 1. The van der Waals surface area contributed by atoms with Crippen LogP contribution in [0.5, 0.6) is 0 Å². The molecule has 0 bridgehead atoms. The first kappa shape index (κ1) is 14.6. The summed E-state index contributed by atoms with van der Waals surface area (Å²) < 4.78 is 0. The number of hydrogen-bond donors (Lipinski definition) is 2. The number of nitriles is 1. The van der Waals surface area contributed by atoms with Crippen molar-refractivity contribution in [2.45, 2.75) is 44.9 Å². The van der Waals surface area contributed by atoms with Crippen molar-refractivity contribution in [3.8, 4) is 6.07 Å². The molecule has 0 atom stereocenters. The highest BCUT2D eigenvalue weighted by Crippen LogP contribution is 2.38. The summed E-state index contributed by atoms with van der Waals surface area (Å²) in [6, 6.07) is 2.27. The number of aryl methyl sites for hydroxylation is 1. The first-order valence-corrected chi connectivity index (χ1v) is 8.64. The predicted molar refractivity (Wildman–Crippen MR) is 84.5 cm³/mol. The van der Waals surface area contributed by atoms with Crippen molar-refractivity contribution >= 4 is 22.2 Å². The van der Waals surface area contributed by atoms with Crippen molar-refractivity contribution in [3.05, 3.63) is 16.0 Å². The number of carbonyl (C=O) groups is 1. The second-order valence-corrected chi connectivity index (χ2v) is 7.06. The average Bonchev–Trinajstić information content (AvgIpc) is 3.06. The average molecular weight is 303 g/mol. The van der Waals surface area contributed by atoms with Gasteiger partial charge in [-0.05, 0) is 63.1 Å². The second-order valence-electron chi connectivity index (χ2n) is 5.95. The molecule has 0 radical (unpaired) electrons. The Labute approximate surface area is 129 Å². The van der Waals surface area contributed by atoms with Gasteiger partial charge in [-0.25, -0.2) is 0 Å². The third kappa shape index (κ3) is 3.28. The molecule has 1 aliphatic heterocycles. The summed E-state index contributed by atoms with van der Waals surface area (Å²) in [5.74, 6) is 0.728. The molecule has 2 N–H and O–H groups in total. The maximum atomic E-state index is 12.1. The lowest BCUT2D eigenvalue weighted by Crippen LogP contribution is -2.28. The molecule has 0 aromatic carbocycles. The first-order valence-electron chi connectivity index (χ1n) is 7.83. The van der Waals surface area contributed by atoms with Crippen LogP contribution in [0.1, 0.15) is 48.1 Å². The van der Waals surface area contributed by atoms with Gasteiger partial charge in [-0.1, -0.05) is 0 Å². The molecule has 1 amide bonds. The van der Waals surface area contributed by atoms with E-state index in [0.717, 1.165) is 43.8 Å². The minimum absolute atomic E-state index is 0.0601. The van der Waals surface area contributed by atoms with Gasteiger partial charge in [-0.3, -0.25) is 4.79 Å². The molecular weight excluding hydrogens is 282 g/mol. The molecule has 2 heterocycles. The van der Waals surface area contributed by atoms with E-state index in [1.165, 1.54) is 23.3 Å². The molecule has 0 unspecified atom stereocenters. The molecule has 1 aliphatic carbocycles. The Bertz CT molecular complexity index is 567. The Morgan fingerprint density at radius 3 is 2.95 bits per heavy atom. The number of fused-ring (bicyclic) bond motifs is 1. The molecule has 1 aromatic heterocycles. The molecular formula is C16H21N3OS. The molecule has 1 saturated heterocycles. The Morgan fingerprint density at radius 1 is 1.38 bits per heavy atom. The monoisotopic (exact) mass is 303 g/mol. The zero-order chi connectivity index (χ0) is 14.7. The van der Waals surface area contributed by atoms with Crippen LogP contribution in [0.15, 0.2) is 0 Å². The number of hydrogen-bond acceptors (Lipinski definition) is 4. The third-order valence-corrected chi connectivity index (χ3v) is 5.73. The maximum Gasteiger partial charge on any atom is 0.225 e. The summed E-state index contributed by atoms with van der Waals surface area (Å²) >= 11 is 1.60. The van der Waals surface area contributed by atoms with Crippen LogP contribution >= 0.6 is 11.3 Å². The van der Waals surface area contributed by atoms with Crippen molar-refractivity contribution in [2.24, 2.45) is 5.92 Å². The molecule has 1 aromatic rings. The Kier molecular flexibility index (Phi) is 4.57. The summed E-state index contributed by atoms with van der Waals surface area (Å²) in [5, 5.41) is 16.4. The van der Waals surface area contributed by atoms with Gasteiger partial charge in [0.2, 0.25) is 5.91 Å². The van der Waals surface area contributed by atoms with Gasteiger partial charge in [0.1, 0.15) is 11.1 Å². The number of carbonyl (C=O) groups excluding carboxylic acids is 1. The highest BCUT2D eigenvalue weighted by molar-refractivity contribution is 7.16. The van der Waals surface area contributed by atoms with Gasteiger partial charge in [0, 0.05) is 11.3 Å². The van der Waals surface area contributed by atoms with Crippen LogP contribution < -0.4 is 10.6 Å². The summed E-state index contributed by atoms with van der Waals surface area (Å²) in [7, 11) is 0. The van der Waals surface area contributed by atoms with Crippen molar-refractivity contribution < 1.29 is 4.79 Å². The van der Waals surface area contributed by atoms with Crippen molar-refractivity contribution in [1.29, 1.82) is 5.26 Å². The molecule has 4 nitrogen and oxygen atoms in total. The summed E-state index contributed by atoms with van der Waals surface area (Å²) in [6.45, 7) is 2.14. The molecule has 0 spiro atoms. The fourth-order valence-electron chi connectivity index (χ4n) is 3.31. The van der Waals surface area contributed by atoms with E-state index in [9.17, 15) is 10.1 Å². The number of nitrogens with zero attached hydrogens (tertiary/aromatic N) is 1. The van der Waals surface area contributed by atoms with E-state index in [4.69, 9.17) is 0 Å². The van der Waals surface area contributed by atoms with Gasteiger partial charge in [-0.2, -0.15) is 5.26 Å². The van der Waals surface area contributed by atoms with Gasteiger partial charge >= 0.3 is 0 Å². The van der Waals surface area contributed by atoms with Gasteiger partial charge in [0.05, 0.1) is 5.56 Å². The molecule has 0 saturated carbocycles. The zero-order valence-electron chi connectivity index (χ0n) is 12.2. The van der Waals surface area contributed by atoms with E-state index in [-0.39, 0.29) is 5.91 Å². The molecule has 2 aliphatic rings. The van der Waals surface area contributed by atoms with Crippen LogP contribution in [0.4, 0.5) is 5.00 Å². The quantitative estimate of drug-likeness (QED) is 0.899. The first-order chi connectivity index (χ1) is 10.3. The van der Waals surface area contributed by atoms with E-state index < -0.39 is 0 Å². The normalized spacial score (nSPS) is 18.2. The van der Waals surface area contributed by atoms with Crippen LogP contribution in [-0.2, 0) is 17.6 Å². The number of amides is 1. The standard InChI is InChI=1S/C16H21N3OS/c17-10-13-12-2-1-3-14(12)21-16(13)19-15(20)5-4-11-6-8-18-9-7-11/h11,18H,1-9H2,(H,19,20). The topological polar surface area (TPSA) is 64.9 Å². The second kappa shape index (κ2) is 6.59. The minimum Gasteiger partial charge on any atom is -0.317 e. The van der Waals surface area contributed by atoms with E-state index in [1.54, 1.807) is 11.3 Å².